The summed E-state index contributed by atoms with van der Waals surface area (Å²) in [5.41, 5.74) is 3.41. The number of hydrogen-bond acceptors (Lipinski definition) is 2. The third-order valence-corrected chi connectivity index (χ3v) is 4.87. The third kappa shape index (κ3) is 3.73. The number of nitrogens with zero attached hydrogens (tertiary/aromatic N) is 1. The van der Waals surface area contributed by atoms with Gasteiger partial charge in [-0.2, -0.15) is 0 Å². The number of hydrogen-bond donors (Lipinski definition) is 1. The second kappa shape index (κ2) is 7.79. The van der Waals surface area contributed by atoms with E-state index >= 15 is 0 Å². The first-order valence-electron chi connectivity index (χ1n) is 8.79. The summed E-state index contributed by atoms with van der Waals surface area (Å²) in [5, 5.41) is 4.29. The minimum atomic E-state index is -0.317. The van der Waals surface area contributed by atoms with E-state index < -0.39 is 0 Å². The summed E-state index contributed by atoms with van der Waals surface area (Å²) in [7, 11) is 0. The van der Waals surface area contributed by atoms with Crippen LogP contribution >= 0.6 is 11.6 Å². The quantitative estimate of drug-likeness (QED) is 0.491. The minimum Gasteiger partial charge on any atom is -0.348 e. The van der Waals surface area contributed by atoms with Gasteiger partial charge in [-0.05, 0) is 48.0 Å². The van der Waals surface area contributed by atoms with Crippen molar-refractivity contribution in [2.24, 2.45) is 0 Å². The fraction of sp³-hybridized carbons (Fsp3) is 0.0435. The first-order valence-corrected chi connectivity index (χ1v) is 9.17. The van der Waals surface area contributed by atoms with Crippen LogP contribution in [0.3, 0.4) is 0 Å². The van der Waals surface area contributed by atoms with Crippen molar-refractivity contribution in [1.29, 1.82) is 0 Å². The smallest absolute Gasteiger partial charge is 0.252 e. The highest BCUT2D eigenvalue weighted by atomic mass is 35.5. The number of carbonyl (C=O) groups is 1. The fourth-order valence-electron chi connectivity index (χ4n) is 3.04. The van der Waals surface area contributed by atoms with Crippen LogP contribution in [0.4, 0.5) is 4.39 Å². The van der Waals surface area contributed by atoms with Crippen molar-refractivity contribution in [2.75, 3.05) is 0 Å². The zero-order valence-electron chi connectivity index (χ0n) is 14.8. The Kier molecular flexibility index (Phi) is 5.04. The summed E-state index contributed by atoms with van der Waals surface area (Å²) < 4.78 is 13.3. The van der Waals surface area contributed by atoms with E-state index in [9.17, 15) is 9.18 Å². The molecule has 0 aliphatic rings. The van der Waals surface area contributed by atoms with Gasteiger partial charge in [0.25, 0.3) is 5.91 Å². The summed E-state index contributed by atoms with van der Waals surface area (Å²) in [5.74, 6) is -0.538. The lowest BCUT2D eigenvalue weighted by atomic mass is 10.0. The summed E-state index contributed by atoms with van der Waals surface area (Å²) in [6.07, 6.45) is 0. The van der Waals surface area contributed by atoms with Crippen LogP contribution in [0, 0.1) is 5.82 Å². The van der Waals surface area contributed by atoms with Gasteiger partial charge in [0.1, 0.15) is 5.82 Å². The van der Waals surface area contributed by atoms with Crippen LogP contribution in [-0.4, -0.2) is 10.9 Å². The van der Waals surface area contributed by atoms with Crippen LogP contribution in [0.1, 0.15) is 15.9 Å². The van der Waals surface area contributed by atoms with Crippen molar-refractivity contribution in [3.05, 3.63) is 101 Å². The first-order chi connectivity index (χ1) is 13.6. The molecule has 1 heterocycles. The molecule has 4 rings (SSSR count). The molecule has 0 unspecified atom stereocenters. The molecule has 0 saturated carbocycles. The first kappa shape index (κ1) is 18.1. The predicted octanol–water partition coefficient (Wildman–Crippen LogP) is 5.62. The second-order valence-electron chi connectivity index (χ2n) is 6.35. The minimum absolute atomic E-state index is 0.220. The van der Waals surface area contributed by atoms with Crippen molar-refractivity contribution in [2.45, 2.75) is 6.54 Å². The van der Waals surface area contributed by atoms with Crippen LogP contribution < -0.4 is 5.32 Å². The molecular formula is C23H16ClFN2O. The van der Waals surface area contributed by atoms with E-state index in [2.05, 4.69) is 10.3 Å². The molecule has 1 N–H and O–H groups in total. The number of fused-ring (bicyclic) bond motifs is 1. The fourth-order valence-corrected chi connectivity index (χ4v) is 3.25. The van der Waals surface area contributed by atoms with Crippen molar-refractivity contribution >= 4 is 28.4 Å². The van der Waals surface area contributed by atoms with Crippen LogP contribution in [0.2, 0.25) is 5.02 Å². The van der Waals surface area contributed by atoms with Crippen LogP contribution in [-0.2, 0) is 6.54 Å². The lowest BCUT2D eigenvalue weighted by molar-refractivity contribution is 0.0952. The van der Waals surface area contributed by atoms with Crippen molar-refractivity contribution in [3.63, 3.8) is 0 Å². The van der Waals surface area contributed by atoms with Gasteiger partial charge in [0.15, 0.2) is 0 Å². The monoisotopic (exact) mass is 390 g/mol. The molecule has 0 saturated heterocycles. The van der Waals surface area contributed by atoms with E-state index in [-0.39, 0.29) is 11.7 Å². The largest absolute Gasteiger partial charge is 0.348 e. The third-order valence-electron chi connectivity index (χ3n) is 4.50. The Morgan fingerprint density at radius 3 is 2.46 bits per heavy atom. The molecule has 1 aromatic heterocycles. The zero-order valence-corrected chi connectivity index (χ0v) is 15.6. The number of para-hydroxylation sites is 1. The van der Waals surface area contributed by atoms with E-state index in [1.807, 2.05) is 42.5 Å². The molecule has 0 radical (unpaired) electrons. The maximum Gasteiger partial charge on any atom is 0.252 e. The second-order valence-corrected chi connectivity index (χ2v) is 6.76. The van der Waals surface area contributed by atoms with Gasteiger partial charge in [0.05, 0.1) is 16.8 Å². The zero-order chi connectivity index (χ0) is 19.5. The normalized spacial score (nSPS) is 10.8. The Balaban J connectivity index is 1.71. The van der Waals surface area contributed by atoms with E-state index in [4.69, 9.17) is 11.6 Å². The maximum atomic E-state index is 13.3. The molecule has 0 bridgehead atoms. The van der Waals surface area contributed by atoms with Crippen molar-refractivity contribution < 1.29 is 9.18 Å². The highest BCUT2D eigenvalue weighted by Crippen LogP contribution is 2.25. The van der Waals surface area contributed by atoms with E-state index in [0.29, 0.717) is 28.3 Å². The topological polar surface area (TPSA) is 42.0 Å². The number of aromatic nitrogens is 1. The van der Waals surface area contributed by atoms with Crippen LogP contribution in [0.5, 0.6) is 0 Å². The molecule has 3 aromatic carbocycles. The van der Waals surface area contributed by atoms with Crippen molar-refractivity contribution in [3.8, 4) is 11.3 Å². The molecule has 0 aliphatic carbocycles. The average molecular weight is 391 g/mol. The van der Waals surface area contributed by atoms with Gasteiger partial charge < -0.3 is 5.32 Å². The van der Waals surface area contributed by atoms with Gasteiger partial charge in [0, 0.05) is 22.5 Å². The van der Waals surface area contributed by atoms with Crippen LogP contribution in [0.25, 0.3) is 22.2 Å². The number of benzene rings is 3. The molecule has 28 heavy (non-hydrogen) atoms. The number of carbonyl (C=O) groups excluding carboxylic acids is 1. The number of pyridine rings is 1. The van der Waals surface area contributed by atoms with Gasteiger partial charge in [-0.3, -0.25) is 4.79 Å². The van der Waals surface area contributed by atoms with Gasteiger partial charge in [-0.15, -0.1) is 0 Å². The Morgan fingerprint density at radius 2 is 1.68 bits per heavy atom. The Bertz CT molecular complexity index is 1160. The molecule has 3 nitrogen and oxygen atoms in total. The molecule has 1 amide bonds. The maximum absolute atomic E-state index is 13.3. The predicted molar refractivity (Wildman–Crippen MR) is 110 cm³/mol. The van der Waals surface area contributed by atoms with Gasteiger partial charge in [0.2, 0.25) is 0 Å². The highest BCUT2D eigenvalue weighted by Gasteiger charge is 2.14. The van der Waals surface area contributed by atoms with Gasteiger partial charge in [-0.1, -0.05) is 48.0 Å². The number of amides is 1. The van der Waals surface area contributed by atoms with E-state index in [0.717, 1.165) is 16.5 Å². The SMILES string of the molecule is O=C(NCc1ccccc1Cl)c1cc(-c2ccc(F)cc2)nc2ccccc12. The van der Waals surface area contributed by atoms with Gasteiger partial charge >= 0.3 is 0 Å². The summed E-state index contributed by atoms with van der Waals surface area (Å²) in [6.45, 7) is 0.320. The molecule has 0 fully saturated rings. The molecule has 5 heteroatoms. The molecule has 0 aliphatic heterocycles. The average Bonchev–Trinajstić information content (AvgIpc) is 2.72. The lowest BCUT2D eigenvalue weighted by Crippen LogP contribution is -2.23. The Morgan fingerprint density at radius 1 is 0.964 bits per heavy atom. The molecule has 138 valence electrons. The molecule has 0 spiro atoms. The van der Waals surface area contributed by atoms with Gasteiger partial charge in [-0.25, -0.2) is 9.37 Å². The summed E-state index contributed by atoms with van der Waals surface area (Å²) in [6, 6.07) is 22.6. The van der Waals surface area contributed by atoms with E-state index in [1.165, 1.54) is 12.1 Å². The van der Waals surface area contributed by atoms with Crippen molar-refractivity contribution in [1.82, 2.24) is 10.3 Å². The lowest BCUT2D eigenvalue weighted by Gasteiger charge is -2.11. The molecule has 0 atom stereocenters. The summed E-state index contributed by atoms with van der Waals surface area (Å²) >= 11 is 6.17. The van der Waals surface area contributed by atoms with Crippen LogP contribution in [0.15, 0.2) is 78.9 Å². The molecular weight excluding hydrogens is 375 g/mol. The standard InChI is InChI=1S/C23H16ClFN2O/c24-20-7-3-1-5-16(20)14-26-23(28)19-13-22(15-9-11-17(25)12-10-15)27-21-8-4-2-6-18(19)21/h1-13H,14H2,(H,26,28). The highest BCUT2D eigenvalue weighted by molar-refractivity contribution is 6.31. The Labute approximate surface area is 166 Å². The van der Waals surface area contributed by atoms with E-state index in [1.54, 1.807) is 24.3 Å². The molecule has 4 aromatic rings. The Hall–Kier alpha value is -3.24. The summed E-state index contributed by atoms with van der Waals surface area (Å²) in [4.78, 5) is 17.6. The number of halogens is 2. The number of nitrogens with one attached hydrogen (secondary N) is 1. The number of rotatable bonds is 4.